The van der Waals surface area contributed by atoms with E-state index in [0.29, 0.717) is 11.6 Å². The number of carbonyl (C=O) groups excluding carboxylic acids is 2. The van der Waals surface area contributed by atoms with Crippen molar-refractivity contribution in [3.8, 4) is 0 Å². The molecule has 0 aromatic carbocycles. The van der Waals surface area contributed by atoms with Crippen LogP contribution in [0.2, 0.25) is 0 Å². The van der Waals surface area contributed by atoms with Gasteiger partial charge in [0.05, 0.1) is 23.8 Å². The molecule has 2 fully saturated rings. The van der Waals surface area contributed by atoms with Crippen LogP contribution in [0, 0.1) is 0 Å². The summed E-state index contributed by atoms with van der Waals surface area (Å²) in [6.45, 7) is 0.144. The molecule has 0 bridgehead atoms. The molecule has 6 heteroatoms. The molecule has 0 radical (unpaired) electrons. The predicted octanol–water partition coefficient (Wildman–Crippen LogP) is 0.281. The van der Waals surface area contributed by atoms with E-state index in [-0.39, 0.29) is 24.4 Å². The number of thioether (sulfide) groups is 1. The maximum absolute atomic E-state index is 12.1. The standard InChI is InChI=1S/C12H20N2O3S/c1-13(9-4-2-3-5-10(9)15)11(16)6-14-8-18-7-12(14)17/h9-10,15H,2-8H2,1H3. The van der Waals surface area contributed by atoms with E-state index in [1.54, 1.807) is 16.8 Å². The summed E-state index contributed by atoms with van der Waals surface area (Å²) in [4.78, 5) is 26.8. The number of aliphatic hydroxyl groups is 1. The van der Waals surface area contributed by atoms with Crippen molar-refractivity contribution < 1.29 is 14.7 Å². The van der Waals surface area contributed by atoms with Crippen molar-refractivity contribution in [1.29, 1.82) is 0 Å². The number of hydrogen-bond acceptors (Lipinski definition) is 4. The highest BCUT2D eigenvalue weighted by Crippen LogP contribution is 2.23. The Morgan fingerprint density at radius 3 is 2.83 bits per heavy atom. The van der Waals surface area contributed by atoms with Gasteiger partial charge in [-0.2, -0.15) is 0 Å². The first-order valence-electron chi connectivity index (χ1n) is 6.39. The molecule has 2 amide bonds. The van der Waals surface area contributed by atoms with Crippen LogP contribution in [-0.2, 0) is 9.59 Å². The molecule has 1 aliphatic carbocycles. The van der Waals surface area contributed by atoms with Crippen LogP contribution in [0.3, 0.4) is 0 Å². The van der Waals surface area contributed by atoms with Gasteiger partial charge in [-0.3, -0.25) is 9.59 Å². The van der Waals surface area contributed by atoms with Gasteiger partial charge in [-0.25, -0.2) is 0 Å². The van der Waals surface area contributed by atoms with E-state index in [0.717, 1.165) is 25.7 Å². The average molecular weight is 272 g/mol. The first kappa shape index (κ1) is 13.7. The van der Waals surface area contributed by atoms with Gasteiger partial charge in [-0.1, -0.05) is 12.8 Å². The monoisotopic (exact) mass is 272 g/mol. The fourth-order valence-corrected chi connectivity index (χ4v) is 3.45. The highest BCUT2D eigenvalue weighted by Gasteiger charge is 2.31. The third-order valence-corrected chi connectivity index (χ3v) is 4.68. The van der Waals surface area contributed by atoms with Crippen molar-refractivity contribution in [1.82, 2.24) is 9.80 Å². The number of aliphatic hydroxyl groups excluding tert-OH is 1. The van der Waals surface area contributed by atoms with Crippen LogP contribution in [-0.4, -0.2) is 64.1 Å². The minimum absolute atomic E-state index is 0.0333. The Morgan fingerprint density at radius 1 is 1.50 bits per heavy atom. The van der Waals surface area contributed by atoms with Crippen LogP contribution in [0.5, 0.6) is 0 Å². The topological polar surface area (TPSA) is 60.9 Å². The summed E-state index contributed by atoms with van der Waals surface area (Å²) in [5.74, 6) is 1.04. The molecule has 0 spiro atoms. The summed E-state index contributed by atoms with van der Waals surface area (Å²) < 4.78 is 0. The summed E-state index contributed by atoms with van der Waals surface area (Å²) in [6.07, 6.45) is 3.28. The zero-order valence-corrected chi connectivity index (χ0v) is 11.5. The summed E-state index contributed by atoms with van der Waals surface area (Å²) in [7, 11) is 1.73. The SMILES string of the molecule is CN(C(=O)CN1CSCC1=O)C1CCCCC1O. The summed E-state index contributed by atoms with van der Waals surface area (Å²) in [5, 5.41) is 9.92. The lowest BCUT2D eigenvalue weighted by atomic mass is 9.91. The van der Waals surface area contributed by atoms with E-state index < -0.39 is 6.10 Å². The minimum atomic E-state index is -0.420. The molecule has 18 heavy (non-hydrogen) atoms. The number of carbonyl (C=O) groups is 2. The molecule has 1 heterocycles. The number of hydrogen-bond donors (Lipinski definition) is 1. The van der Waals surface area contributed by atoms with E-state index in [1.807, 2.05) is 0 Å². The second-order valence-electron chi connectivity index (χ2n) is 4.99. The number of rotatable bonds is 3. The molecule has 2 unspecified atom stereocenters. The smallest absolute Gasteiger partial charge is 0.242 e. The lowest BCUT2D eigenvalue weighted by Gasteiger charge is -2.35. The minimum Gasteiger partial charge on any atom is -0.391 e. The van der Waals surface area contributed by atoms with E-state index in [1.165, 1.54) is 11.8 Å². The largest absolute Gasteiger partial charge is 0.391 e. The van der Waals surface area contributed by atoms with E-state index in [4.69, 9.17) is 0 Å². The molecule has 1 saturated carbocycles. The van der Waals surface area contributed by atoms with Crippen LogP contribution in [0.1, 0.15) is 25.7 Å². The molecule has 2 aliphatic rings. The van der Waals surface area contributed by atoms with Crippen molar-refractivity contribution in [2.24, 2.45) is 0 Å². The van der Waals surface area contributed by atoms with Gasteiger partial charge in [-0.15, -0.1) is 11.8 Å². The normalized spacial score (nSPS) is 28.6. The lowest BCUT2D eigenvalue weighted by Crippen LogP contribution is -2.49. The van der Waals surface area contributed by atoms with Gasteiger partial charge in [-0.05, 0) is 12.8 Å². The Morgan fingerprint density at radius 2 is 2.22 bits per heavy atom. The molecule has 2 atom stereocenters. The summed E-state index contributed by atoms with van der Waals surface area (Å²) in [5.41, 5.74) is 0. The van der Waals surface area contributed by atoms with Crippen LogP contribution < -0.4 is 0 Å². The van der Waals surface area contributed by atoms with E-state index in [9.17, 15) is 14.7 Å². The fraction of sp³-hybridized carbons (Fsp3) is 0.833. The second-order valence-corrected chi connectivity index (χ2v) is 5.95. The Kier molecular flexibility index (Phi) is 4.50. The third-order valence-electron chi connectivity index (χ3n) is 3.74. The summed E-state index contributed by atoms with van der Waals surface area (Å²) in [6, 6.07) is -0.0865. The lowest BCUT2D eigenvalue weighted by molar-refractivity contribution is -0.140. The van der Waals surface area contributed by atoms with Gasteiger partial charge in [0.2, 0.25) is 11.8 Å². The van der Waals surface area contributed by atoms with Gasteiger partial charge in [0.15, 0.2) is 0 Å². The van der Waals surface area contributed by atoms with Crippen molar-refractivity contribution in [2.45, 2.75) is 37.8 Å². The molecule has 1 N–H and O–H groups in total. The van der Waals surface area contributed by atoms with Gasteiger partial charge in [0, 0.05) is 7.05 Å². The highest BCUT2D eigenvalue weighted by molar-refractivity contribution is 8.00. The third kappa shape index (κ3) is 2.98. The first-order chi connectivity index (χ1) is 8.59. The maximum atomic E-state index is 12.1. The van der Waals surface area contributed by atoms with E-state index in [2.05, 4.69) is 0 Å². The van der Waals surface area contributed by atoms with Crippen LogP contribution >= 0.6 is 11.8 Å². The van der Waals surface area contributed by atoms with Gasteiger partial charge < -0.3 is 14.9 Å². The van der Waals surface area contributed by atoms with Crippen LogP contribution in [0.15, 0.2) is 0 Å². The number of nitrogens with zero attached hydrogens (tertiary/aromatic N) is 2. The van der Waals surface area contributed by atoms with Crippen molar-refractivity contribution in [3.05, 3.63) is 0 Å². The molecule has 0 aromatic rings. The Balaban J connectivity index is 1.89. The van der Waals surface area contributed by atoms with Crippen LogP contribution in [0.25, 0.3) is 0 Å². The zero-order valence-electron chi connectivity index (χ0n) is 10.7. The second kappa shape index (κ2) is 5.93. The van der Waals surface area contributed by atoms with E-state index >= 15 is 0 Å². The van der Waals surface area contributed by atoms with Crippen molar-refractivity contribution in [3.63, 3.8) is 0 Å². The average Bonchev–Trinajstić information content (AvgIpc) is 2.75. The fourth-order valence-electron chi connectivity index (χ4n) is 2.54. The van der Waals surface area contributed by atoms with Crippen molar-refractivity contribution in [2.75, 3.05) is 25.2 Å². The molecule has 1 aliphatic heterocycles. The Bertz CT molecular complexity index is 337. The summed E-state index contributed by atoms with van der Waals surface area (Å²) >= 11 is 1.54. The molecule has 1 saturated heterocycles. The maximum Gasteiger partial charge on any atom is 0.242 e. The number of likely N-dealkylation sites (N-methyl/N-ethyl adjacent to an activating group) is 1. The van der Waals surface area contributed by atoms with Crippen LogP contribution in [0.4, 0.5) is 0 Å². The van der Waals surface area contributed by atoms with Gasteiger partial charge in [0.1, 0.15) is 6.54 Å². The molecular formula is C12H20N2O3S. The molecule has 102 valence electrons. The van der Waals surface area contributed by atoms with Gasteiger partial charge in [0.25, 0.3) is 0 Å². The Hall–Kier alpha value is -0.750. The zero-order chi connectivity index (χ0) is 13.1. The quantitative estimate of drug-likeness (QED) is 0.802. The van der Waals surface area contributed by atoms with Gasteiger partial charge >= 0.3 is 0 Å². The Labute approximate surface area is 112 Å². The molecule has 2 rings (SSSR count). The first-order valence-corrected chi connectivity index (χ1v) is 7.54. The predicted molar refractivity (Wildman–Crippen MR) is 70.1 cm³/mol. The molecule has 5 nitrogen and oxygen atoms in total. The molecule has 0 aromatic heterocycles. The molecular weight excluding hydrogens is 252 g/mol. The number of amides is 2. The van der Waals surface area contributed by atoms with Crippen molar-refractivity contribution >= 4 is 23.6 Å². The highest BCUT2D eigenvalue weighted by atomic mass is 32.2.